The number of aromatic nitrogens is 3. The summed E-state index contributed by atoms with van der Waals surface area (Å²) in [5, 5.41) is 6.99. The molecule has 2 rings (SSSR count). The lowest BCUT2D eigenvalue weighted by Gasteiger charge is -2.06. The molecule has 0 aliphatic rings. The SMILES string of the molecule is Cn1cc(CNC(=O)c2nc(NN)ccc2Cl)cn1. The molecule has 0 saturated carbocycles. The number of hydrogen-bond acceptors (Lipinski definition) is 5. The van der Waals surface area contributed by atoms with Crippen molar-refractivity contribution >= 4 is 23.3 Å². The number of nitrogens with one attached hydrogen (secondary N) is 2. The van der Waals surface area contributed by atoms with Crippen LogP contribution in [-0.4, -0.2) is 20.7 Å². The van der Waals surface area contributed by atoms with Crippen LogP contribution in [-0.2, 0) is 13.6 Å². The van der Waals surface area contributed by atoms with E-state index in [0.717, 1.165) is 5.56 Å². The predicted molar refractivity (Wildman–Crippen MR) is 71.4 cm³/mol. The Morgan fingerprint density at radius 2 is 2.32 bits per heavy atom. The third-order valence-electron chi connectivity index (χ3n) is 2.42. The third-order valence-corrected chi connectivity index (χ3v) is 2.73. The summed E-state index contributed by atoms with van der Waals surface area (Å²) in [5.41, 5.74) is 3.38. The zero-order valence-corrected chi connectivity index (χ0v) is 11.0. The Morgan fingerprint density at radius 1 is 1.53 bits per heavy atom. The van der Waals surface area contributed by atoms with Gasteiger partial charge >= 0.3 is 0 Å². The molecule has 0 unspecified atom stereocenters. The zero-order valence-electron chi connectivity index (χ0n) is 10.2. The van der Waals surface area contributed by atoms with Crippen molar-refractivity contribution in [1.82, 2.24) is 20.1 Å². The molecule has 2 aromatic heterocycles. The number of rotatable bonds is 4. The number of anilines is 1. The number of nitrogens with two attached hydrogens (primary N) is 1. The van der Waals surface area contributed by atoms with E-state index in [1.54, 1.807) is 30.1 Å². The molecule has 0 saturated heterocycles. The van der Waals surface area contributed by atoms with E-state index >= 15 is 0 Å². The second-order valence-electron chi connectivity index (χ2n) is 3.88. The molecule has 2 aromatic rings. The van der Waals surface area contributed by atoms with Gasteiger partial charge < -0.3 is 10.7 Å². The average Bonchev–Trinajstić information content (AvgIpc) is 2.82. The van der Waals surface area contributed by atoms with Gasteiger partial charge in [0.05, 0.1) is 11.2 Å². The minimum atomic E-state index is -0.369. The maximum Gasteiger partial charge on any atom is 0.271 e. The Morgan fingerprint density at radius 3 is 2.95 bits per heavy atom. The van der Waals surface area contributed by atoms with Crippen LogP contribution < -0.4 is 16.6 Å². The lowest BCUT2D eigenvalue weighted by Crippen LogP contribution is -2.24. The van der Waals surface area contributed by atoms with Crippen molar-refractivity contribution in [3.8, 4) is 0 Å². The van der Waals surface area contributed by atoms with Gasteiger partial charge in [-0.2, -0.15) is 5.10 Å². The second-order valence-corrected chi connectivity index (χ2v) is 4.28. The Kier molecular flexibility index (Phi) is 3.98. The van der Waals surface area contributed by atoms with Crippen LogP contribution in [0.5, 0.6) is 0 Å². The van der Waals surface area contributed by atoms with Crippen molar-refractivity contribution < 1.29 is 4.79 Å². The fourth-order valence-electron chi connectivity index (χ4n) is 1.51. The maximum absolute atomic E-state index is 12.0. The first-order valence-corrected chi connectivity index (χ1v) is 5.87. The molecule has 0 atom stereocenters. The minimum absolute atomic E-state index is 0.126. The highest BCUT2D eigenvalue weighted by atomic mass is 35.5. The maximum atomic E-state index is 12.0. The molecule has 0 bridgehead atoms. The summed E-state index contributed by atoms with van der Waals surface area (Å²) in [5.74, 6) is 5.24. The number of nitrogens with zero attached hydrogens (tertiary/aromatic N) is 3. The van der Waals surface area contributed by atoms with Crippen molar-refractivity contribution in [3.63, 3.8) is 0 Å². The molecule has 1 amide bonds. The Hall–Kier alpha value is -2.12. The number of hydrazine groups is 1. The van der Waals surface area contributed by atoms with E-state index in [4.69, 9.17) is 17.4 Å². The first-order valence-electron chi connectivity index (χ1n) is 5.49. The van der Waals surface area contributed by atoms with Gasteiger partial charge in [-0.25, -0.2) is 10.8 Å². The van der Waals surface area contributed by atoms with Gasteiger partial charge in [0.1, 0.15) is 11.5 Å². The van der Waals surface area contributed by atoms with E-state index in [0.29, 0.717) is 12.4 Å². The van der Waals surface area contributed by atoms with Gasteiger partial charge in [-0.05, 0) is 12.1 Å². The number of amides is 1. The molecule has 0 radical (unpaired) electrons. The van der Waals surface area contributed by atoms with Crippen molar-refractivity contribution in [2.75, 3.05) is 5.43 Å². The number of nitrogen functional groups attached to an aromatic ring is 1. The van der Waals surface area contributed by atoms with Gasteiger partial charge in [0.25, 0.3) is 5.91 Å². The van der Waals surface area contributed by atoms with Gasteiger partial charge in [0.15, 0.2) is 0 Å². The van der Waals surface area contributed by atoms with Crippen LogP contribution >= 0.6 is 11.6 Å². The number of carbonyl (C=O) groups is 1. The quantitative estimate of drug-likeness (QED) is 0.565. The highest BCUT2D eigenvalue weighted by Crippen LogP contribution is 2.16. The standard InChI is InChI=1S/C11H13ClN6O/c1-18-6-7(5-15-18)4-14-11(19)10-8(12)2-3-9(16-10)17-13/h2-3,5-6H,4,13H2,1H3,(H,14,19)(H,16,17). The number of halogens is 1. The molecule has 0 aliphatic heterocycles. The predicted octanol–water partition coefficient (Wildman–Crippen LogP) is 0.684. The lowest BCUT2D eigenvalue weighted by atomic mass is 10.3. The fourth-order valence-corrected chi connectivity index (χ4v) is 1.70. The summed E-state index contributed by atoms with van der Waals surface area (Å²) >= 11 is 5.93. The largest absolute Gasteiger partial charge is 0.346 e. The molecule has 0 spiro atoms. The minimum Gasteiger partial charge on any atom is -0.346 e. The van der Waals surface area contributed by atoms with Crippen molar-refractivity contribution in [2.45, 2.75) is 6.54 Å². The van der Waals surface area contributed by atoms with Crippen molar-refractivity contribution in [3.05, 3.63) is 40.8 Å². The molecule has 19 heavy (non-hydrogen) atoms. The monoisotopic (exact) mass is 280 g/mol. The summed E-state index contributed by atoms with van der Waals surface area (Å²) in [4.78, 5) is 16.0. The van der Waals surface area contributed by atoms with Crippen LogP contribution in [0.4, 0.5) is 5.82 Å². The molecule has 0 fully saturated rings. The zero-order chi connectivity index (χ0) is 13.8. The number of aryl methyl sites for hydroxylation is 1. The van der Waals surface area contributed by atoms with Gasteiger partial charge in [-0.15, -0.1) is 0 Å². The van der Waals surface area contributed by atoms with Crippen LogP contribution in [0.2, 0.25) is 5.02 Å². The van der Waals surface area contributed by atoms with Crippen molar-refractivity contribution in [1.29, 1.82) is 0 Å². The van der Waals surface area contributed by atoms with Crippen LogP contribution in [0.1, 0.15) is 16.1 Å². The van der Waals surface area contributed by atoms with E-state index < -0.39 is 0 Å². The van der Waals surface area contributed by atoms with E-state index in [2.05, 4.69) is 20.8 Å². The summed E-state index contributed by atoms with van der Waals surface area (Å²) < 4.78 is 1.66. The fraction of sp³-hybridized carbons (Fsp3) is 0.182. The summed E-state index contributed by atoms with van der Waals surface area (Å²) in [6, 6.07) is 3.14. The number of carbonyl (C=O) groups excluding carboxylic acids is 1. The molecule has 2 heterocycles. The summed E-state index contributed by atoms with van der Waals surface area (Å²) in [6.45, 7) is 0.352. The van der Waals surface area contributed by atoms with Gasteiger partial charge in [0.2, 0.25) is 0 Å². The highest BCUT2D eigenvalue weighted by Gasteiger charge is 2.13. The average molecular weight is 281 g/mol. The van der Waals surface area contributed by atoms with E-state index in [1.165, 1.54) is 0 Å². The molecule has 4 N–H and O–H groups in total. The molecule has 100 valence electrons. The first-order chi connectivity index (χ1) is 9.10. The second kappa shape index (κ2) is 5.68. The Balaban J connectivity index is 2.07. The van der Waals surface area contributed by atoms with E-state index in [9.17, 15) is 4.79 Å². The molecule has 0 aromatic carbocycles. The molecule has 8 heteroatoms. The number of pyridine rings is 1. The van der Waals surface area contributed by atoms with Gasteiger partial charge in [-0.3, -0.25) is 9.48 Å². The normalized spacial score (nSPS) is 10.3. The summed E-state index contributed by atoms with van der Waals surface area (Å²) in [6.07, 6.45) is 3.49. The molecule has 7 nitrogen and oxygen atoms in total. The van der Waals surface area contributed by atoms with Crippen LogP contribution in [0.15, 0.2) is 24.5 Å². The van der Waals surface area contributed by atoms with Gasteiger partial charge in [-0.1, -0.05) is 11.6 Å². The topological polar surface area (TPSA) is 97.9 Å². The Labute approximate surface area is 114 Å². The van der Waals surface area contributed by atoms with E-state index in [-0.39, 0.29) is 16.6 Å². The van der Waals surface area contributed by atoms with Crippen molar-refractivity contribution in [2.24, 2.45) is 12.9 Å². The van der Waals surface area contributed by atoms with Crippen LogP contribution in [0.3, 0.4) is 0 Å². The molecule has 0 aliphatic carbocycles. The Bertz CT molecular complexity index is 597. The molecular weight excluding hydrogens is 268 g/mol. The molecular formula is C11H13ClN6O. The smallest absolute Gasteiger partial charge is 0.271 e. The first kappa shape index (κ1) is 13.3. The highest BCUT2D eigenvalue weighted by molar-refractivity contribution is 6.33. The third kappa shape index (κ3) is 3.21. The van der Waals surface area contributed by atoms with E-state index in [1.807, 2.05) is 6.20 Å². The van der Waals surface area contributed by atoms with Crippen LogP contribution in [0.25, 0.3) is 0 Å². The summed E-state index contributed by atoms with van der Waals surface area (Å²) in [7, 11) is 1.81. The van der Waals surface area contributed by atoms with Crippen LogP contribution in [0, 0.1) is 0 Å². The lowest BCUT2D eigenvalue weighted by molar-refractivity contribution is 0.0946. The number of hydrogen-bond donors (Lipinski definition) is 3. The van der Waals surface area contributed by atoms with Gasteiger partial charge in [0, 0.05) is 25.4 Å².